The Morgan fingerprint density at radius 1 is 1.16 bits per heavy atom. The normalized spacial score (nSPS) is 18.8. The first-order valence-electron chi connectivity index (χ1n) is 6.36. The fourth-order valence-corrected chi connectivity index (χ4v) is 2.71. The van der Waals surface area contributed by atoms with E-state index < -0.39 is 6.10 Å². The number of fused-ring (bicyclic) bond motifs is 1. The first kappa shape index (κ1) is 12.7. The summed E-state index contributed by atoms with van der Waals surface area (Å²) in [7, 11) is 0. The number of hydrogen-bond donors (Lipinski definition) is 1. The quantitative estimate of drug-likeness (QED) is 0.911. The third-order valence-corrected chi connectivity index (χ3v) is 3.95. The number of aliphatic hydroxyl groups excluding tert-OH is 1. The molecule has 0 bridgehead atoms. The summed E-state index contributed by atoms with van der Waals surface area (Å²) in [6.07, 6.45) is 0.556. The molecule has 0 spiro atoms. The molecule has 0 saturated heterocycles. The van der Waals surface area contributed by atoms with Crippen molar-refractivity contribution in [2.75, 3.05) is 0 Å². The molecule has 2 aromatic carbocycles. The fraction of sp³-hybridized carbons (Fsp3) is 0.250. The molecule has 0 aromatic heterocycles. The van der Waals surface area contributed by atoms with Crippen LogP contribution < -0.4 is 4.74 Å². The predicted molar refractivity (Wildman–Crippen MR) is 78.4 cm³/mol. The predicted octanol–water partition coefficient (Wildman–Crippen LogP) is 3.85. The van der Waals surface area contributed by atoms with Crippen molar-refractivity contribution in [1.29, 1.82) is 0 Å². The lowest BCUT2D eigenvalue weighted by Crippen LogP contribution is -2.05. The Morgan fingerprint density at radius 3 is 2.58 bits per heavy atom. The Bertz CT molecular complexity index is 592. The lowest BCUT2D eigenvalue weighted by molar-refractivity contribution is 0.220. The van der Waals surface area contributed by atoms with E-state index >= 15 is 0 Å². The highest BCUT2D eigenvalue weighted by atomic mass is 79.9. The molecule has 98 valence electrons. The third kappa shape index (κ3) is 2.53. The number of hydrogen-bond acceptors (Lipinski definition) is 2. The molecule has 1 aliphatic heterocycles. The van der Waals surface area contributed by atoms with Gasteiger partial charge in [-0.1, -0.05) is 34.1 Å². The Morgan fingerprint density at radius 2 is 1.84 bits per heavy atom. The van der Waals surface area contributed by atoms with E-state index in [-0.39, 0.29) is 6.10 Å². The summed E-state index contributed by atoms with van der Waals surface area (Å²) >= 11 is 3.40. The van der Waals surface area contributed by atoms with Crippen LogP contribution in [0, 0.1) is 0 Å². The Balaban J connectivity index is 1.90. The Kier molecular flexibility index (Phi) is 3.33. The standard InChI is InChI=1S/C16H15BrO2/c1-10-8-13-9-12(4-7-15(13)19-10)16(18)11-2-5-14(17)6-3-11/h2-7,9-10,16,18H,8H2,1H3. The topological polar surface area (TPSA) is 29.5 Å². The van der Waals surface area contributed by atoms with Gasteiger partial charge in [-0.2, -0.15) is 0 Å². The maximum Gasteiger partial charge on any atom is 0.123 e. The third-order valence-electron chi connectivity index (χ3n) is 3.42. The molecule has 1 aliphatic rings. The van der Waals surface area contributed by atoms with E-state index in [0.29, 0.717) is 0 Å². The van der Waals surface area contributed by atoms with Crippen LogP contribution in [0.25, 0.3) is 0 Å². The fourth-order valence-electron chi connectivity index (χ4n) is 2.45. The van der Waals surface area contributed by atoms with Gasteiger partial charge < -0.3 is 9.84 Å². The minimum atomic E-state index is -0.589. The monoisotopic (exact) mass is 318 g/mol. The number of halogens is 1. The minimum Gasteiger partial charge on any atom is -0.490 e. The first-order valence-corrected chi connectivity index (χ1v) is 7.16. The molecular formula is C16H15BrO2. The number of benzene rings is 2. The van der Waals surface area contributed by atoms with Crippen molar-refractivity contribution in [3.8, 4) is 5.75 Å². The molecular weight excluding hydrogens is 304 g/mol. The van der Waals surface area contributed by atoms with Crippen LogP contribution in [-0.2, 0) is 6.42 Å². The van der Waals surface area contributed by atoms with Crippen LogP contribution in [0.3, 0.4) is 0 Å². The van der Waals surface area contributed by atoms with E-state index in [1.807, 2.05) is 42.5 Å². The zero-order chi connectivity index (χ0) is 13.4. The van der Waals surface area contributed by atoms with E-state index in [0.717, 1.165) is 27.8 Å². The zero-order valence-corrected chi connectivity index (χ0v) is 12.2. The molecule has 2 nitrogen and oxygen atoms in total. The van der Waals surface area contributed by atoms with Crippen molar-refractivity contribution in [3.63, 3.8) is 0 Å². The van der Waals surface area contributed by atoms with Crippen molar-refractivity contribution in [3.05, 3.63) is 63.6 Å². The molecule has 0 fully saturated rings. The molecule has 3 heteroatoms. The Labute approximate surface area is 121 Å². The van der Waals surface area contributed by atoms with Gasteiger partial charge in [-0.05, 0) is 47.9 Å². The molecule has 0 amide bonds. The molecule has 0 aliphatic carbocycles. The SMILES string of the molecule is CC1Cc2cc(C(O)c3ccc(Br)cc3)ccc2O1. The summed E-state index contributed by atoms with van der Waals surface area (Å²) in [5, 5.41) is 10.4. The van der Waals surface area contributed by atoms with Gasteiger partial charge in [0.05, 0.1) is 0 Å². The summed E-state index contributed by atoms with van der Waals surface area (Å²) in [4.78, 5) is 0. The second-order valence-corrected chi connectivity index (χ2v) is 5.87. The van der Waals surface area contributed by atoms with Gasteiger partial charge in [-0.25, -0.2) is 0 Å². The molecule has 3 rings (SSSR count). The smallest absolute Gasteiger partial charge is 0.123 e. The highest BCUT2D eigenvalue weighted by molar-refractivity contribution is 9.10. The van der Waals surface area contributed by atoms with Crippen LogP contribution in [0.15, 0.2) is 46.9 Å². The lowest BCUT2D eigenvalue weighted by atomic mass is 9.98. The number of rotatable bonds is 2. The minimum absolute atomic E-state index is 0.232. The largest absolute Gasteiger partial charge is 0.490 e. The second kappa shape index (κ2) is 4.99. The van der Waals surface area contributed by atoms with Crippen LogP contribution in [-0.4, -0.2) is 11.2 Å². The van der Waals surface area contributed by atoms with Gasteiger partial charge in [0, 0.05) is 10.9 Å². The molecule has 19 heavy (non-hydrogen) atoms. The Hall–Kier alpha value is -1.32. The van der Waals surface area contributed by atoms with Crippen molar-refractivity contribution in [2.24, 2.45) is 0 Å². The van der Waals surface area contributed by atoms with E-state index in [4.69, 9.17) is 4.74 Å². The van der Waals surface area contributed by atoms with Gasteiger partial charge in [-0.3, -0.25) is 0 Å². The van der Waals surface area contributed by atoms with Gasteiger partial charge >= 0.3 is 0 Å². The molecule has 1 heterocycles. The van der Waals surface area contributed by atoms with Crippen LogP contribution in [0.5, 0.6) is 5.75 Å². The number of ether oxygens (including phenoxy) is 1. The summed E-state index contributed by atoms with van der Waals surface area (Å²) in [5.74, 6) is 0.944. The van der Waals surface area contributed by atoms with E-state index in [2.05, 4.69) is 22.9 Å². The maximum absolute atomic E-state index is 10.4. The van der Waals surface area contributed by atoms with Crippen LogP contribution >= 0.6 is 15.9 Å². The highest BCUT2D eigenvalue weighted by Crippen LogP contribution is 2.32. The molecule has 0 radical (unpaired) electrons. The summed E-state index contributed by atoms with van der Waals surface area (Å²) in [5.41, 5.74) is 3.00. The van der Waals surface area contributed by atoms with Crippen molar-refractivity contribution in [1.82, 2.24) is 0 Å². The van der Waals surface area contributed by atoms with Crippen LogP contribution in [0.2, 0.25) is 0 Å². The van der Waals surface area contributed by atoms with Crippen molar-refractivity contribution in [2.45, 2.75) is 25.6 Å². The summed E-state index contributed by atoms with van der Waals surface area (Å²) in [6, 6.07) is 13.7. The molecule has 2 atom stereocenters. The highest BCUT2D eigenvalue weighted by Gasteiger charge is 2.20. The molecule has 2 unspecified atom stereocenters. The zero-order valence-electron chi connectivity index (χ0n) is 10.6. The van der Waals surface area contributed by atoms with E-state index in [9.17, 15) is 5.11 Å². The second-order valence-electron chi connectivity index (χ2n) is 4.95. The van der Waals surface area contributed by atoms with Crippen LogP contribution in [0.4, 0.5) is 0 Å². The first-order chi connectivity index (χ1) is 9.13. The van der Waals surface area contributed by atoms with Gasteiger partial charge in [0.15, 0.2) is 0 Å². The molecule has 0 saturated carbocycles. The van der Waals surface area contributed by atoms with Crippen molar-refractivity contribution < 1.29 is 9.84 Å². The number of aliphatic hydroxyl groups is 1. The van der Waals surface area contributed by atoms with Gasteiger partial charge in [-0.15, -0.1) is 0 Å². The molecule has 1 N–H and O–H groups in total. The summed E-state index contributed by atoms with van der Waals surface area (Å²) in [6.45, 7) is 2.06. The lowest BCUT2D eigenvalue weighted by Gasteiger charge is -2.12. The average molecular weight is 319 g/mol. The maximum atomic E-state index is 10.4. The van der Waals surface area contributed by atoms with Gasteiger partial charge in [0.1, 0.15) is 18.0 Å². The van der Waals surface area contributed by atoms with E-state index in [1.165, 1.54) is 5.56 Å². The summed E-state index contributed by atoms with van der Waals surface area (Å²) < 4.78 is 6.69. The van der Waals surface area contributed by atoms with E-state index in [1.54, 1.807) is 0 Å². The van der Waals surface area contributed by atoms with Crippen molar-refractivity contribution >= 4 is 15.9 Å². The molecule has 2 aromatic rings. The van der Waals surface area contributed by atoms with Crippen LogP contribution in [0.1, 0.15) is 29.7 Å². The average Bonchev–Trinajstić information content (AvgIpc) is 2.77. The van der Waals surface area contributed by atoms with Gasteiger partial charge in [0.2, 0.25) is 0 Å². The van der Waals surface area contributed by atoms with Gasteiger partial charge in [0.25, 0.3) is 0 Å².